The van der Waals surface area contributed by atoms with E-state index in [2.05, 4.69) is 5.32 Å². The average Bonchev–Trinajstić information content (AvgIpc) is 2.97. The Balaban J connectivity index is 2.16. The van der Waals surface area contributed by atoms with Crippen molar-refractivity contribution in [3.05, 3.63) is 56.3 Å². The highest BCUT2D eigenvalue weighted by Crippen LogP contribution is 2.24. The fourth-order valence-electron chi connectivity index (χ4n) is 1.97. The molecule has 6 nitrogen and oxygen atoms in total. The van der Waals surface area contributed by atoms with Gasteiger partial charge in [-0.25, -0.2) is 0 Å². The molecule has 0 bridgehead atoms. The van der Waals surface area contributed by atoms with Gasteiger partial charge in [-0.2, -0.15) is 0 Å². The molecule has 7 heteroatoms. The summed E-state index contributed by atoms with van der Waals surface area (Å²) in [5.74, 6) is -0.295. The van der Waals surface area contributed by atoms with Crippen molar-refractivity contribution >= 4 is 28.6 Å². The fraction of sp³-hybridized carbons (Fsp3) is 0.214. The van der Waals surface area contributed by atoms with E-state index in [1.54, 1.807) is 11.3 Å². The normalized spacial score (nSPS) is 11.9. The van der Waals surface area contributed by atoms with E-state index in [4.69, 9.17) is 5.73 Å². The maximum Gasteiger partial charge on any atom is 0.292 e. The van der Waals surface area contributed by atoms with Crippen LogP contribution < -0.4 is 11.1 Å². The number of anilines is 1. The third-order valence-corrected chi connectivity index (χ3v) is 4.07. The first-order valence-electron chi connectivity index (χ1n) is 6.41. The number of carbonyl (C=O) groups excluding carboxylic acids is 1. The lowest BCUT2D eigenvalue weighted by atomic mass is 10.1. The number of amides is 1. The van der Waals surface area contributed by atoms with Crippen molar-refractivity contribution in [2.75, 3.05) is 5.73 Å². The molecule has 0 fully saturated rings. The number of nitrogens with zero attached hydrogens (tertiary/aromatic N) is 1. The molecule has 21 heavy (non-hydrogen) atoms. The van der Waals surface area contributed by atoms with Crippen LogP contribution in [0.1, 0.15) is 34.6 Å². The Hall–Kier alpha value is -2.41. The Bertz CT molecular complexity index is 655. The van der Waals surface area contributed by atoms with E-state index < -0.39 is 4.92 Å². The summed E-state index contributed by atoms with van der Waals surface area (Å²) in [5.41, 5.74) is 5.70. The number of hydrogen-bond acceptors (Lipinski definition) is 5. The molecule has 0 saturated carbocycles. The highest BCUT2D eigenvalue weighted by Gasteiger charge is 2.18. The Morgan fingerprint density at radius 1 is 1.48 bits per heavy atom. The van der Waals surface area contributed by atoms with Gasteiger partial charge in [0.1, 0.15) is 5.69 Å². The van der Waals surface area contributed by atoms with Crippen molar-refractivity contribution in [1.82, 2.24) is 5.32 Å². The van der Waals surface area contributed by atoms with E-state index >= 15 is 0 Å². The maximum atomic E-state index is 12.2. The third-order valence-electron chi connectivity index (χ3n) is 3.09. The summed E-state index contributed by atoms with van der Waals surface area (Å²) in [6, 6.07) is 7.80. The molecular weight excluding hydrogens is 290 g/mol. The molecule has 2 aromatic rings. The number of nitrogens with two attached hydrogens (primary N) is 1. The number of benzene rings is 1. The number of nitrogens with one attached hydrogen (secondary N) is 1. The number of carbonyl (C=O) groups is 1. The van der Waals surface area contributed by atoms with Crippen molar-refractivity contribution < 1.29 is 9.72 Å². The first-order valence-corrected chi connectivity index (χ1v) is 7.29. The van der Waals surface area contributed by atoms with Gasteiger partial charge in [-0.05, 0) is 30.0 Å². The largest absolute Gasteiger partial charge is 0.393 e. The fourth-order valence-corrected chi connectivity index (χ4v) is 2.83. The van der Waals surface area contributed by atoms with Crippen LogP contribution in [0.2, 0.25) is 0 Å². The smallest absolute Gasteiger partial charge is 0.292 e. The molecule has 110 valence electrons. The van der Waals surface area contributed by atoms with Crippen molar-refractivity contribution in [2.24, 2.45) is 0 Å². The molecule has 1 amide bonds. The Morgan fingerprint density at radius 3 is 2.76 bits per heavy atom. The molecule has 1 aromatic heterocycles. The first-order chi connectivity index (χ1) is 10.0. The summed E-state index contributed by atoms with van der Waals surface area (Å²) in [6.45, 7) is 1.98. The summed E-state index contributed by atoms with van der Waals surface area (Å²) in [4.78, 5) is 23.4. The van der Waals surface area contributed by atoms with Crippen LogP contribution in [0, 0.1) is 10.1 Å². The summed E-state index contributed by atoms with van der Waals surface area (Å²) >= 11 is 1.57. The van der Waals surface area contributed by atoms with E-state index in [0.29, 0.717) is 5.56 Å². The predicted molar refractivity (Wildman–Crippen MR) is 82.3 cm³/mol. The van der Waals surface area contributed by atoms with Crippen LogP contribution in [-0.2, 0) is 0 Å². The lowest BCUT2D eigenvalue weighted by Crippen LogP contribution is -2.27. The van der Waals surface area contributed by atoms with Crippen LogP contribution in [-0.4, -0.2) is 10.8 Å². The molecule has 0 aliphatic rings. The van der Waals surface area contributed by atoms with E-state index in [0.717, 1.165) is 11.3 Å². The van der Waals surface area contributed by atoms with Gasteiger partial charge in [-0.15, -0.1) is 11.3 Å². The molecule has 3 N–H and O–H groups in total. The molecule has 1 heterocycles. The van der Waals surface area contributed by atoms with Gasteiger partial charge in [-0.3, -0.25) is 14.9 Å². The zero-order valence-electron chi connectivity index (χ0n) is 11.4. The second-order valence-corrected chi connectivity index (χ2v) is 5.46. The van der Waals surface area contributed by atoms with Crippen LogP contribution in [0.15, 0.2) is 35.7 Å². The highest BCUT2D eigenvalue weighted by atomic mass is 32.1. The molecule has 0 spiro atoms. The van der Waals surface area contributed by atoms with Gasteiger partial charge in [0.15, 0.2) is 0 Å². The summed E-state index contributed by atoms with van der Waals surface area (Å²) in [5, 5.41) is 15.6. The summed E-state index contributed by atoms with van der Waals surface area (Å²) in [6.07, 6.45) is 0.759. The zero-order valence-corrected chi connectivity index (χ0v) is 12.2. The van der Waals surface area contributed by atoms with Crippen molar-refractivity contribution in [3.8, 4) is 0 Å². The van der Waals surface area contributed by atoms with Gasteiger partial charge < -0.3 is 11.1 Å². The second-order valence-electron chi connectivity index (χ2n) is 4.48. The Kier molecular flexibility index (Phi) is 4.54. The SMILES string of the molecule is CCC(NC(=O)c1ccc([N+](=O)[O-])c(N)c1)c1cccs1. The molecule has 0 aliphatic carbocycles. The molecule has 1 unspecified atom stereocenters. The minimum Gasteiger partial charge on any atom is -0.393 e. The van der Waals surface area contributed by atoms with E-state index in [1.165, 1.54) is 18.2 Å². The number of hydrogen-bond donors (Lipinski definition) is 2. The molecular formula is C14H15N3O3S. The number of nitrogen functional groups attached to an aromatic ring is 1. The first kappa shape index (κ1) is 15.0. The topological polar surface area (TPSA) is 98.3 Å². The molecule has 2 rings (SSSR count). The van der Waals surface area contributed by atoms with Crippen molar-refractivity contribution in [2.45, 2.75) is 19.4 Å². The van der Waals surface area contributed by atoms with Crippen LogP contribution in [0.25, 0.3) is 0 Å². The monoisotopic (exact) mass is 305 g/mol. The molecule has 0 radical (unpaired) electrons. The highest BCUT2D eigenvalue weighted by molar-refractivity contribution is 7.10. The van der Waals surface area contributed by atoms with Crippen LogP contribution in [0.4, 0.5) is 11.4 Å². The third kappa shape index (κ3) is 3.38. The number of nitro groups is 1. The average molecular weight is 305 g/mol. The minimum atomic E-state index is -0.572. The predicted octanol–water partition coefficient (Wildman–Crippen LogP) is 3.12. The van der Waals surface area contributed by atoms with Crippen molar-refractivity contribution in [3.63, 3.8) is 0 Å². The minimum absolute atomic E-state index is 0.0168. The van der Waals surface area contributed by atoms with Gasteiger partial charge in [0.05, 0.1) is 11.0 Å². The van der Waals surface area contributed by atoms with Crippen molar-refractivity contribution in [1.29, 1.82) is 0 Å². The van der Waals surface area contributed by atoms with Gasteiger partial charge in [0.2, 0.25) is 0 Å². The van der Waals surface area contributed by atoms with Gasteiger partial charge in [-0.1, -0.05) is 13.0 Å². The number of thiophene rings is 1. The zero-order chi connectivity index (χ0) is 15.4. The second kappa shape index (κ2) is 6.36. The number of rotatable bonds is 5. The summed E-state index contributed by atoms with van der Waals surface area (Å²) in [7, 11) is 0. The van der Waals surface area contributed by atoms with Gasteiger partial charge in [0, 0.05) is 16.5 Å². The standard InChI is InChI=1S/C14H15N3O3S/c1-2-11(13-4-3-7-21-13)16-14(18)9-5-6-12(17(19)20)10(15)8-9/h3-8,11H,2,15H2,1H3,(H,16,18). The number of nitro benzene ring substituents is 1. The maximum absolute atomic E-state index is 12.2. The van der Waals surface area contributed by atoms with E-state index in [9.17, 15) is 14.9 Å². The Morgan fingerprint density at radius 2 is 2.24 bits per heavy atom. The quantitative estimate of drug-likeness (QED) is 0.503. The Labute approximate surface area is 125 Å². The summed E-state index contributed by atoms with van der Waals surface area (Å²) < 4.78 is 0. The molecule has 1 aromatic carbocycles. The lowest BCUT2D eigenvalue weighted by molar-refractivity contribution is -0.383. The van der Waals surface area contributed by atoms with Crippen LogP contribution in [0.5, 0.6) is 0 Å². The van der Waals surface area contributed by atoms with Crippen LogP contribution in [0.3, 0.4) is 0 Å². The van der Waals surface area contributed by atoms with Gasteiger partial charge in [0.25, 0.3) is 11.6 Å². The molecule has 0 saturated heterocycles. The lowest BCUT2D eigenvalue weighted by Gasteiger charge is -2.15. The molecule has 1 atom stereocenters. The molecule has 0 aliphatic heterocycles. The van der Waals surface area contributed by atoms with Gasteiger partial charge >= 0.3 is 0 Å². The van der Waals surface area contributed by atoms with E-state index in [-0.39, 0.29) is 23.3 Å². The van der Waals surface area contributed by atoms with Crippen LogP contribution >= 0.6 is 11.3 Å². The van der Waals surface area contributed by atoms with E-state index in [1.807, 2.05) is 24.4 Å².